The maximum Gasteiger partial charge on any atom is 0.243 e. The quantitative estimate of drug-likeness (QED) is 0.436. The first kappa shape index (κ1) is 24.6. The summed E-state index contributed by atoms with van der Waals surface area (Å²) in [5.41, 5.74) is 2.60. The van der Waals surface area contributed by atoms with Crippen molar-refractivity contribution in [3.8, 4) is 0 Å². The summed E-state index contributed by atoms with van der Waals surface area (Å²) in [5, 5.41) is 3.86. The van der Waals surface area contributed by atoms with Gasteiger partial charge in [0, 0.05) is 18.1 Å². The second-order valence-electron chi connectivity index (χ2n) is 7.24. The molecule has 9 heteroatoms. The van der Waals surface area contributed by atoms with Gasteiger partial charge in [-0.3, -0.25) is 4.79 Å². The smallest absolute Gasteiger partial charge is 0.243 e. The lowest BCUT2D eigenvalue weighted by Crippen LogP contribution is -2.40. The summed E-state index contributed by atoms with van der Waals surface area (Å²) < 4.78 is 27.7. The third-order valence-corrected chi connectivity index (χ3v) is 7.48. The Bertz CT molecular complexity index is 1220. The summed E-state index contributed by atoms with van der Waals surface area (Å²) in [7, 11) is -3.99. The molecule has 0 saturated heterocycles. The minimum absolute atomic E-state index is 0.0356. The molecule has 1 amide bonds. The fourth-order valence-electron chi connectivity index (χ4n) is 3.06. The average Bonchev–Trinajstić information content (AvgIpc) is 2.75. The van der Waals surface area contributed by atoms with Gasteiger partial charge in [-0.15, -0.1) is 0 Å². The molecule has 0 bridgehead atoms. The summed E-state index contributed by atoms with van der Waals surface area (Å²) in [6, 6.07) is 18.3. The second-order valence-corrected chi connectivity index (χ2v) is 10.4. The molecule has 0 aliphatic rings. The van der Waals surface area contributed by atoms with Gasteiger partial charge in [0.25, 0.3) is 0 Å². The van der Waals surface area contributed by atoms with Crippen LogP contribution in [0.2, 0.25) is 15.1 Å². The van der Waals surface area contributed by atoms with Crippen LogP contribution in [0.5, 0.6) is 0 Å². The first-order valence-corrected chi connectivity index (χ1v) is 12.2. The number of nitrogens with one attached hydrogen (secondary N) is 1. The van der Waals surface area contributed by atoms with Crippen LogP contribution in [0.4, 0.5) is 0 Å². The van der Waals surface area contributed by atoms with E-state index in [-0.39, 0.29) is 18.0 Å². The predicted octanol–water partition coefficient (Wildman–Crippen LogP) is 5.46. The Labute approximate surface area is 203 Å². The van der Waals surface area contributed by atoms with Gasteiger partial charge >= 0.3 is 0 Å². The molecule has 168 valence electrons. The number of hydrogen-bond donors (Lipinski definition) is 1. The van der Waals surface area contributed by atoms with E-state index in [2.05, 4.69) is 5.32 Å². The molecular formula is C23H21Cl3N2O3S. The number of benzene rings is 3. The van der Waals surface area contributed by atoms with Crippen LogP contribution in [-0.4, -0.2) is 25.2 Å². The van der Waals surface area contributed by atoms with Crippen LogP contribution in [0.1, 0.15) is 16.7 Å². The van der Waals surface area contributed by atoms with Crippen LogP contribution in [0, 0.1) is 6.92 Å². The van der Waals surface area contributed by atoms with Crippen LogP contribution in [0.25, 0.3) is 0 Å². The lowest BCUT2D eigenvalue weighted by molar-refractivity contribution is -0.121. The molecule has 0 fully saturated rings. The van der Waals surface area contributed by atoms with Crippen molar-refractivity contribution in [3.63, 3.8) is 0 Å². The van der Waals surface area contributed by atoms with Gasteiger partial charge in [-0.2, -0.15) is 4.31 Å². The van der Waals surface area contributed by atoms with E-state index in [1.54, 1.807) is 18.2 Å². The number of carbonyl (C=O) groups excluding carboxylic acids is 1. The van der Waals surface area contributed by atoms with Crippen molar-refractivity contribution in [2.45, 2.75) is 24.9 Å². The van der Waals surface area contributed by atoms with E-state index in [9.17, 15) is 13.2 Å². The van der Waals surface area contributed by atoms with Gasteiger partial charge < -0.3 is 5.32 Å². The molecule has 0 aliphatic carbocycles. The van der Waals surface area contributed by atoms with Crippen molar-refractivity contribution < 1.29 is 13.2 Å². The Morgan fingerprint density at radius 3 is 2.28 bits per heavy atom. The lowest BCUT2D eigenvalue weighted by Gasteiger charge is -2.22. The van der Waals surface area contributed by atoms with E-state index >= 15 is 0 Å². The Hall–Kier alpha value is -2.09. The molecule has 0 aromatic heterocycles. The molecular weight excluding hydrogens is 491 g/mol. The molecule has 0 heterocycles. The molecule has 0 spiro atoms. The molecule has 0 saturated carbocycles. The SMILES string of the molecule is Cc1cccc(CNC(=O)CN(Cc2ccc(Cl)c(Cl)c2)S(=O)(=O)c2ccc(Cl)cc2)c1. The van der Waals surface area contributed by atoms with Crippen LogP contribution in [0.3, 0.4) is 0 Å². The highest BCUT2D eigenvalue weighted by molar-refractivity contribution is 7.89. The summed E-state index contributed by atoms with van der Waals surface area (Å²) in [6.45, 7) is 1.84. The summed E-state index contributed by atoms with van der Waals surface area (Å²) in [6.07, 6.45) is 0. The molecule has 0 atom stereocenters. The molecule has 0 aliphatic heterocycles. The van der Waals surface area contributed by atoms with Crippen molar-refractivity contribution in [2.75, 3.05) is 6.54 Å². The van der Waals surface area contributed by atoms with E-state index in [1.165, 1.54) is 24.3 Å². The highest BCUT2D eigenvalue weighted by Crippen LogP contribution is 2.25. The largest absolute Gasteiger partial charge is 0.351 e. The maximum absolute atomic E-state index is 13.3. The van der Waals surface area contributed by atoms with Gasteiger partial charge in [-0.1, -0.05) is 70.7 Å². The Morgan fingerprint density at radius 2 is 1.62 bits per heavy atom. The highest BCUT2D eigenvalue weighted by Gasteiger charge is 2.27. The van der Waals surface area contributed by atoms with E-state index < -0.39 is 15.9 Å². The minimum Gasteiger partial charge on any atom is -0.351 e. The predicted molar refractivity (Wildman–Crippen MR) is 129 cm³/mol. The molecule has 0 unspecified atom stereocenters. The van der Waals surface area contributed by atoms with Crippen molar-refractivity contribution >= 4 is 50.7 Å². The standard InChI is InChI=1S/C23H21Cl3N2O3S/c1-16-3-2-4-17(11-16)13-27-23(29)15-28(14-18-5-10-21(25)22(26)12-18)32(30,31)20-8-6-19(24)7-9-20/h2-12H,13-15H2,1H3,(H,27,29). The number of halogens is 3. The van der Waals surface area contributed by atoms with Gasteiger partial charge in [0.15, 0.2) is 0 Å². The molecule has 3 rings (SSSR count). The van der Waals surface area contributed by atoms with Gasteiger partial charge in [-0.25, -0.2) is 8.42 Å². The van der Waals surface area contributed by atoms with Gasteiger partial charge in [-0.05, 0) is 54.4 Å². The fourth-order valence-corrected chi connectivity index (χ4v) is 4.89. The number of carbonyl (C=O) groups is 1. The first-order valence-electron chi connectivity index (χ1n) is 9.67. The summed E-state index contributed by atoms with van der Waals surface area (Å²) in [4.78, 5) is 12.7. The van der Waals surface area contributed by atoms with E-state index in [4.69, 9.17) is 34.8 Å². The van der Waals surface area contributed by atoms with Gasteiger partial charge in [0.2, 0.25) is 15.9 Å². The third-order valence-electron chi connectivity index (χ3n) is 4.69. The van der Waals surface area contributed by atoms with E-state index in [1.807, 2.05) is 31.2 Å². The fraction of sp³-hybridized carbons (Fsp3) is 0.174. The van der Waals surface area contributed by atoms with Crippen molar-refractivity contribution in [1.29, 1.82) is 0 Å². The zero-order valence-electron chi connectivity index (χ0n) is 17.2. The number of amides is 1. The molecule has 3 aromatic carbocycles. The van der Waals surface area contributed by atoms with Crippen molar-refractivity contribution in [2.24, 2.45) is 0 Å². The number of hydrogen-bond acceptors (Lipinski definition) is 3. The lowest BCUT2D eigenvalue weighted by atomic mass is 10.1. The van der Waals surface area contributed by atoms with Crippen molar-refractivity contribution in [1.82, 2.24) is 9.62 Å². The second kappa shape index (κ2) is 10.7. The van der Waals surface area contributed by atoms with E-state index in [0.29, 0.717) is 27.2 Å². The van der Waals surface area contributed by atoms with Crippen molar-refractivity contribution in [3.05, 3.63) is 98.5 Å². The average molecular weight is 512 g/mol. The maximum atomic E-state index is 13.3. The van der Waals surface area contributed by atoms with Gasteiger partial charge in [0.05, 0.1) is 21.5 Å². The Balaban J connectivity index is 1.82. The molecule has 1 N–H and O–H groups in total. The third kappa shape index (κ3) is 6.47. The molecule has 32 heavy (non-hydrogen) atoms. The zero-order chi connectivity index (χ0) is 23.3. The van der Waals surface area contributed by atoms with E-state index in [0.717, 1.165) is 15.4 Å². The minimum atomic E-state index is -3.99. The Morgan fingerprint density at radius 1 is 0.906 bits per heavy atom. The highest BCUT2D eigenvalue weighted by atomic mass is 35.5. The normalized spacial score (nSPS) is 11.5. The molecule has 5 nitrogen and oxygen atoms in total. The number of aryl methyl sites for hydroxylation is 1. The first-order chi connectivity index (χ1) is 15.1. The van der Waals surface area contributed by atoms with Crippen LogP contribution in [-0.2, 0) is 27.9 Å². The van der Waals surface area contributed by atoms with Crippen LogP contribution in [0.15, 0.2) is 71.6 Å². The number of nitrogens with zero attached hydrogens (tertiary/aromatic N) is 1. The number of sulfonamides is 1. The Kier molecular flexibility index (Phi) is 8.20. The summed E-state index contributed by atoms with van der Waals surface area (Å²) in [5.74, 6) is -0.427. The number of rotatable bonds is 8. The van der Waals surface area contributed by atoms with Gasteiger partial charge in [0.1, 0.15) is 0 Å². The van der Waals surface area contributed by atoms with Crippen LogP contribution >= 0.6 is 34.8 Å². The molecule has 0 radical (unpaired) electrons. The van der Waals surface area contributed by atoms with Crippen LogP contribution < -0.4 is 5.32 Å². The summed E-state index contributed by atoms with van der Waals surface area (Å²) >= 11 is 18.0. The molecule has 3 aromatic rings. The monoisotopic (exact) mass is 510 g/mol. The zero-order valence-corrected chi connectivity index (χ0v) is 20.3. The topological polar surface area (TPSA) is 66.5 Å².